The second-order valence-corrected chi connectivity index (χ2v) is 15.8. The number of carbonyl (C=O) groups is 3. The van der Waals surface area contributed by atoms with Gasteiger partial charge in [0.15, 0.2) is 6.61 Å². The maximum atomic E-state index is 14.1. The number of anilines is 2. The van der Waals surface area contributed by atoms with E-state index in [-0.39, 0.29) is 58.1 Å². The number of amides is 3. The van der Waals surface area contributed by atoms with Gasteiger partial charge in [0.1, 0.15) is 11.5 Å². The molecule has 4 aromatic rings. The largest absolute Gasteiger partial charge is 0.497 e. The predicted molar refractivity (Wildman–Crippen MR) is 184 cm³/mol. The van der Waals surface area contributed by atoms with Crippen LogP contribution in [-0.2, 0) is 14.4 Å². The molecule has 3 amide bonds. The molecule has 3 aromatic carbocycles. The number of carbonyl (C=O) groups excluding carboxylic acids is 3. The lowest BCUT2D eigenvalue weighted by Crippen LogP contribution is -2.42. The molecule has 0 unspecified atom stereocenters. The zero-order valence-electron chi connectivity index (χ0n) is 24.8. The molecule has 2 aliphatic heterocycles. The van der Waals surface area contributed by atoms with E-state index in [2.05, 4.69) is 26.2 Å². The quantitative estimate of drug-likeness (QED) is 0.206. The Balaban J connectivity index is 1.13. The molecule has 13 heteroatoms. The van der Waals surface area contributed by atoms with Crippen LogP contribution in [0, 0.1) is 29.6 Å². The zero-order valence-corrected chi connectivity index (χ0v) is 28.8. The third-order valence-electron chi connectivity index (χ3n) is 9.85. The Bertz CT molecular complexity index is 1980. The minimum Gasteiger partial charge on any atom is -0.497 e. The fourth-order valence-corrected chi connectivity index (χ4v) is 11.5. The molecular weight excluding hydrogens is 726 g/mol. The lowest BCUT2D eigenvalue weighted by Gasteiger charge is -2.43. The van der Waals surface area contributed by atoms with Gasteiger partial charge in [-0.25, -0.2) is 0 Å². The SMILES string of the molecule is COc1ccc(N2C(=O)[C@H]3[C@H]4C[C@@H]([C@@H]3C2=O)[C@@H]2[C@H](c3cc(Br)ccc3OCC(=O)Nc3ccc(Cl)cc3)c3sc(=O)[nH]c3S[C@H]42)cc1. The molecule has 3 heterocycles. The molecule has 2 bridgehead atoms. The maximum absolute atomic E-state index is 14.1. The van der Waals surface area contributed by atoms with E-state index in [1.54, 1.807) is 67.4 Å². The summed E-state index contributed by atoms with van der Waals surface area (Å²) in [6, 6.07) is 19.5. The van der Waals surface area contributed by atoms with Crippen molar-refractivity contribution in [3.63, 3.8) is 0 Å². The summed E-state index contributed by atoms with van der Waals surface area (Å²) in [7, 11) is 1.57. The number of ether oxygens (including phenoxy) is 2. The predicted octanol–water partition coefficient (Wildman–Crippen LogP) is 6.56. The number of halogens is 2. The van der Waals surface area contributed by atoms with Crippen LogP contribution in [-0.4, -0.2) is 41.7 Å². The van der Waals surface area contributed by atoms with Gasteiger partial charge in [-0.2, -0.15) is 0 Å². The second kappa shape index (κ2) is 11.8. The molecule has 0 radical (unpaired) electrons. The molecule has 7 atom stereocenters. The standard InChI is InChI=1S/C34H27BrClN3O6S2/c1-44-19-9-7-18(8-10-19)39-32(41)27-21-13-22(28(27)33(39)42)29-26(21)25(30-31(46-29)38-34(43)47-30)20-12-15(35)2-11-23(20)45-14-24(40)37-17-5-3-16(36)4-6-17/h2-12,21-22,25-29H,13-14H2,1H3,(H,37,40)(H,38,43)/t21-,22-,25+,26-,27+,28+,29-/m1/s1. The van der Waals surface area contributed by atoms with Gasteiger partial charge in [0, 0.05) is 36.8 Å². The van der Waals surface area contributed by atoms with Gasteiger partial charge < -0.3 is 19.8 Å². The smallest absolute Gasteiger partial charge is 0.305 e. The second-order valence-electron chi connectivity index (χ2n) is 12.2. The number of fused-ring (bicyclic) bond motifs is 9. The van der Waals surface area contributed by atoms with Crippen LogP contribution in [0.5, 0.6) is 11.5 Å². The molecule has 1 aromatic heterocycles. The highest BCUT2D eigenvalue weighted by molar-refractivity contribution is 9.10. The Morgan fingerprint density at radius 3 is 2.47 bits per heavy atom. The Labute approximate surface area is 291 Å². The first kappa shape index (κ1) is 30.7. The van der Waals surface area contributed by atoms with Crippen molar-refractivity contribution in [1.82, 2.24) is 4.98 Å². The van der Waals surface area contributed by atoms with Gasteiger partial charge in [0.25, 0.3) is 5.91 Å². The number of aromatic nitrogens is 1. The van der Waals surface area contributed by atoms with E-state index < -0.39 is 11.8 Å². The maximum Gasteiger partial charge on any atom is 0.305 e. The molecule has 3 fully saturated rings. The highest BCUT2D eigenvalue weighted by Gasteiger charge is 2.69. The lowest BCUT2D eigenvalue weighted by molar-refractivity contribution is -0.123. The number of aromatic amines is 1. The number of thioether (sulfide) groups is 1. The van der Waals surface area contributed by atoms with Gasteiger partial charge in [-0.1, -0.05) is 38.9 Å². The lowest BCUT2D eigenvalue weighted by atomic mass is 9.68. The van der Waals surface area contributed by atoms with Crippen LogP contribution in [0.2, 0.25) is 5.02 Å². The number of nitrogens with zero attached hydrogens (tertiary/aromatic N) is 1. The van der Waals surface area contributed by atoms with Gasteiger partial charge in [-0.05, 0) is 90.9 Å². The number of hydrogen-bond donors (Lipinski definition) is 2. The van der Waals surface area contributed by atoms with Gasteiger partial charge in [0.2, 0.25) is 11.8 Å². The molecule has 1 saturated heterocycles. The minimum atomic E-state index is -0.446. The van der Waals surface area contributed by atoms with Crippen LogP contribution < -0.4 is 24.6 Å². The van der Waals surface area contributed by atoms with E-state index in [9.17, 15) is 19.2 Å². The normalized spacial score (nSPS) is 27.0. The monoisotopic (exact) mass is 751 g/mol. The first-order valence-corrected chi connectivity index (χ1v) is 18.0. The van der Waals surface area contributed by atoms with Crippen molar-refractivity contribution in [2.45, 2.75) is 22.6 Å². The average molecular weight is 753 g/mol. The highest BCUT2D eigenvalue weighted by atomic mass is 79.9. The number of thiazole rings is 1. The average Bonchev–Trinajstić information content (AvgIpc) is 3.80. The summed E-state index contributed by atoms with van der Waals surface area (Å²) in [6.07, 6.45) is 0.759. The summed E-state index contributed by atoms with van der Waals surface area (Å²) in [6.45, 7) is -0.233. The minimum absolute atomic E-state index is 0.0107. The third-order valence-corrected chi connectivity index (χ3v) is 13.2. The molecule has 2 saturated carbocycles. The van der Waals surface area contributed by atoms with Crippen LogP contribution >= 0.6 is 50.6 Å². The van der Waals surface area contributed by atoms with Crippen LogP contribution in [0.3, 0.4) is 0 Å². The number of methoxy groups -OCH3 is 1. The van der Waals surface area contributed by atoms with Gasteiger partial charge in [-0.3, -0.25) is 24.1 Å². The Morgan fingerprint density at radius 1 is 1.02 bits per heavy atom. The Kier molecular flexibility index (Phi) is 7.74. The molecule has 2 N–H and O–H groups in total. The van der Waals surface area contributed by atoms with Crippen LogP contribution in [0.15, 0.2) is 81.0 Å². The number of nitrogens with one attached hydrogen (secondary N) is 2. The molecule has 2 aliphatic carbocycles. The molecule has 0 spiro atoms. The van der Waals surface area contributed by atoms with E-state index in [0.717, 1.165) is 26.4 Å². The molecular formula is C34H27BrClN3O6S2. The van der Waals surface area contributed by atoms with Gasteiger partial charge in [-0.15, -0.1) is 11.8 Å². The van der Waals surface area contributed by atoms with E-state index >= 15 is 0 Å². The van der Waals surface area contributed by atoms with Crippen LogP contribution in [0.4, 0.5) is 11.4 Å². The van der Waals surface area contributed by atoms with Crippen molar-refractivity contribution in [2.75, 3.05) is 23.9 Å². The molecule has 4 aliphatic rings. The summed E-state index contributed by atoms with van der Waals surface area (Å²) in [5.74, 6) is -0.752. The number of rotatable bonds is 7. The first-order valence-electron chi connectivity index (χ1n) is 15.1. The third kappa shape index (κ3) is 5.11. The van der Waals surface area contributed by atoms with E-state index in [1.165, 1.54) is 16.2 Å². The Morgan fingerprint density at radius 2 is 1.74 bits per heavy atom. The van der Waals surface area contributed by atoms with Crippen molar-refractivity contribution in [2.24, 2.45) is 29.6 Å². The summed E-state index contributed by atoms with van der Waals surface area (Å²) < 4.78 is 12.3. The zero-order chi connectivity index (χ0) is 32.6. The highest BCUT2D eigenvalue weighted by Crippen LogP contribution is 2.69. The van der Waals surface area contributed by atoms with Crippen molar-refractivity contribution in [3.05, 3.63) is 96.3 Å². The van der Waals surface area contributed by atoms with Crippen LogP contribution in [0.25, 0.3) is 0 Å². The van der Waals surface area contributed by atoms with Crippen molar-refractivity contribution >= 4 is 79.7 Å². The number of benzene rings is 3. The van der Waals surface area contributed by atoms with E-state index in [0.29, 0.717) is 27.9 Å². The fraction of sp³-hybridized carbons (Fsp3) is 0.294. The summed E-state index contributed by atoms with van der Waals surface area (Å²) in [5.41, 5.74) is 1.98. The number of hydrogen-bond acceptors (Lipinski definition) is 8. The number of imide groups is 1. The summed E-state index contributed by atoms with van der Waals surface area (Å²) >= 11 is 12.4. The van der Waals surface area contributed by atoms with Crippen LogP contribution in [0.1, 0.15) is 22.8 Å². The van der Waals surface area contributed by atoms with E-state index in [1.807, 2.05) is 18.2 Å². The molecule has 240 valence electrons. The van der Waals surface area contributed by atoms with E-state index in [4.69, 9.17) is 21.1 Å². The number of H-pyrrole nitrogens is 1. The van der Waals surface area contributed by atoms with Crippen molar-refractivity contribution in [3.8, 4) is 11.5 Å². The van der Waals surface area contributed by atoms with Crippen molar-refractivity contribution < 1.29 is 23.9 Å². The molecule has 8 rings (SSSR count). The van der Waals surface area contributed by atoms with Crippen molar-refractivity contribution in [1.29, 1.82) is 0 Å². The first-order chi connectivity index (χ1) is 22.7. The summed E-state index contributed by atoms with van der Waals surface area (Å²) in [4.78, 5) is 58.8. The topological polar surface area (TPSA) is 118 Å². The fourth-order valence-electron chi connectivity index (χ4n) is 8.12. The molecule has 9 nitrogen and oxygen atoms in total. The Hall–Kier alpha value is -3.58. The summed E-state index contributed by atoms with van der Waals surface area (Å²) in [5, 5.41) is 4.20. The molecule has 47 heavy (non-hydrogen) atoms. The van der Waals surface area contributed by atoms with Gasteiger partial charge >= 0.3 is 4.87 Å². The van der Waals surface area contributed by atoms with Gasteiger partial charge in [0.05, 0.1) is 29.7 Å².